The summed E-state index contributed by atoms with van der Waals surface area (Å²) in [6.45, 7) is 0. The maximum atomic E-state index is 15.7. The van der Waals surface area contributed by atoms with Gasteiger partial charge in [-0.15, -0.1) is 9.13 Å². The Labute approximate surface area is 258 Å². The molecule has 0 fully saturated rings. The Bertz CT molecular complexity index is 2070. The van der Waals surface area contributed by atoms with Gasteiger partial charge in [0.1, 0.15) is 46.2 Å². The number of fused-ring (bicyclic) bond motifs is 14. The molecule has 3 nitrogen and oxygen atoms in total. The largest absolute Gasteiger partial charge is 0.450 e. The highest BCUT2D eigenvalue weighted by Crippen LogP contribution is 2.58. The van der Waals surface area contributed by atoms with E-state index in [1.807, 2.05) is 111 Å². The maximum Gasteiger partial charge on any atom is 0.450 e. The van der Waals surface area contributed by atoms with Gasteiger partial charge in [-0.05, 0) is 35.9 Å². The molecule has 3 aliphatic rings. The van der Waals surface area contributed by atoms with Crippen LogP contribution in [0.15, 0.2) is 132 Å². The molecule has 2 aliphatic heterocycles. The second-order valence-corrected chi connectivity index (χ2v) is 13.3. The highest BCUT2D eigenvalue weighted by atomic mass is 32.2. The lowest BCUT2D eigenvalue weighted by Crippen LogP contribution is -2.73. The Balaban J connectivity index is 1.44. The first-order valence-corrected chi connectivity index (χ1v) is 15.6. The maximum absolute atomic E-state index is 15.7. The molecule has 6 aromatic rings. The van der Waals surface area contributed by atoms with Crippen molar-refractivity contribution in [2.75, 3.05) is 0 Å². The van der Waals surface area contributed by atoms with E-state index >= 15 is 17.6 Å². The van der Waals surface area contributed by atoms with E-state index < -0.39 is 33.1 Å². The summed E-state index contributed by atoms with van der Waals surface area (Å²) in [5.74, 6) is -2.62. The lowest BCUT2D eigenvalue weighted by molar-refractivity contribution is -0.961. The topological polar surface area (TPSA) is 11.6 Å². The Morgan fingerprint density at radius 3 is 1.86 bits per heavy atom. The van der Waals surface area contributed by atoms with E-state index in [2.05, 4.69) is 0 Å². The Morgan fingerprint density at radius 2 is 1.09 bits per heavy atom. The number of aromatic nitrogens is 3. The van der Waals surface area contributed by atoms with Crippen LogP contribution >= 0.6 is 23.5 Å². The van der Waals surface area contributed by atoms with Crippen molar-refractivity contribution in [3.63, 3.8) is 0 Å². The van der Waals surface area contributed by atoms with Crippen molar-refractivity contribution >= 4 is 23.5 Å². The van der Waals surface area contributed by atoms with Gasteiger partial charge in [0, 0.05) is 71.4 Å². The third-order valence-corrected chi connectivity index (χ3v) is 11.6. The summed E-state index contributed by atoms with van der Waals surface area (Å²) >= 11 is 2.86. The first-order chi connectivity index (χ1) is 21.4. The Morgan fingerprint density at radius 1 is 0.500 bits per heavy atom. The summed E-state index contributed by atoms with van der Waals surface area (Å²) in [6.07, 6.45) is 5.69. The number of pyridine rings is 3. The summed E-state index contributed by atoms with van der Waals surface area (Å²) in [7, 11) is 0. The van der Waals surface area contributed by atoms with Crippen molar-refractivity contribution in [3.8, 4) is 22.4 Å². The molecule has 0 saturated heterocycles. The van der Waals surface area contributed by atoms with Gasteiger partial charge in [-0.2, -0.15) is 4.57 Å². The number of nitrogens with zero attached hydrogens (tertiary/aromatic N) is 3. The molecule has 0 radical (unpaired) electrons. The minimum absolute atomic E-state index is 0.324. The van der Waals surface area contributed by atoms with Crippen LogP contribution in [0, 0.1) is 23.3 Å². The fourth-order valence-electron chi connectivity index (χ4n) is 7.03. The van der Waals surface area contributed by atoms with Crippen LogP contribution in [0.2, 0.25) is 0 Å². The summed E-state index contributed by atoms with van der Waals surface area (Å²) in [5, 5.41) is 1.46. The zero-order chi connectivity index (χ0) is 29.8. The highest BCUT2D eigenvalue weighted by molar-refractivity contribution is 8.00. The van der Waals surface area contributed by atoms with Gasteiger partial charge in [0.2, 0.25) is 5.69 Å². The van der Waals surface area contributed by atoms with Crippen molar-refractivity contribution in [2.45, 2.75) is 19.9 Å². The van der Waals surface area contributed by atoms with Gasteiger partial charge in [-0.3, -0.25) is 0 Å². The molecule has 9 rings (SSSR count). The van der Waals surface area contributed by atoms with E-state index in [-0.39, 0.29) is 0 Å². The smallest absolute Gasteiger partial charge is 0.207 e. The molecule has 0 N–H and O–H groups in total. The number of hydrogen-bond donors (Lipinski definition) is 0. The molecular weight excluding hydrogens is 603 g/mol. The van der Waals surface area contributed by atoms with Crippen LogP contribution in [0.4, 0.5) is 17.6 Å². The predicted octanol–water partition coefficient (Wildman–Crippen LogP) is 6.92. The molecule has 9 heteroatoms. The molecule has 2 spiro atoms. The molecule has 0 unspecified atom stereocenters. The number of rotatable bonds is 0. The Hall–Kier alpha value is -4.47. The molecule has 5 heterocycles. The zero-order valence-electron chi connectivity index (χ0n) is 22.7. The van der Waals surface area contributed by atoms with Gasteiger partial charge >= 0.3 is 4.99 Å². The highest BCUT2D eigenvalue weighted by Gasteiger charge is 2.68. The van der Waals surface area contributed by atoms with E-state index in [0.717, 1.165) is 27.7 Å². The molecule has 212 valence electrons. The standard InChI is InChI=1S/C35H20F4N3S2/c36-21-17-25-32(27(38)19-21)23-9-1-2-10-24(23)34(25)41-15-7-4-12-30(41)44-35(42-16-8-5-13-31(42)43-34)26-18-22(37)20-28(39)33(26)29-11-3-6-14-40(29)35/h1-20H/q+3/t34-,35-/m1/s1. The van der Waals surface area contributed by atoms with Crippen LogP contribution in [-0.2, 0) is 9.87 Å². The van der Waals surface area contributed by atoms with Crippen LogP contribution in [-0.4, -0.2) is 0 Å². The fraction of sp³-hybridized carbons (Fsp3) is 0.0571. The SMILES string of the molecule is Fc1cc(F)c2c(c1)[C@]1(Sc3cccc[n+]3[C@@]3(Sc4cccc[n+]41)c1cc(F)cc(F)c1-c1cccc[n+]13)c1ccccc1-2. The number of benzene rings is 3. The normalized spacial score (nSPS) is 20.3. The van der Waals surface area contributed by atoms with E-state index in [1.54, 1.807) is 0 Å². The summed E-state index contributed by atoms with van der Waals surface area (Å²) < 4.78 is 67.8. The summed E-state index contributed by atoms with van der Waals surface area (Å²) in [6, 6.07) is 29.2. The minimum atomic E-state index is -1.18. The van der Waals surface area contributed by atoms with Crippen LogP contribution in [0.3, 0.4) is 0 Å². The quantitative estimate of drug-likeness (QED) is 0.135. The lowest BCUT2D eigenvalue weighted by Gasteiger charge is -2.30. The van der Waals surface area contributed by atoms with E-state index in [9.17, 15) is 0 Å². The van der Waals surface area contributed by atoms with Gasteiger partial charge < -0.3 is 0 Å². The van der Waals surface area contributed by atoms with Crippen molar-refractivity contribution < 1.29 is 31.3 Å². The van der Waals surface area contributed by atoms with Gasteiger partial charge in [-0.1, -0.05) is 24.3 Å². The Kier molecular flexibility index (Phi) is 5.33. The van der Waals surface area contributed by atoms with Gasteiger partial charge in [0.25, 0.3) is 14.9 Å². The average Bonchev–Trinajstić information content (AvgIpc) is 3.45. The molecule has 0 bridgehead atoms. The third-order valence-electron chi connectivity index (χ3n) is 8.64. The van der Waals surface area contributed by atoms with Crippen molar-refractivity contribution in [3.05, 3.63) is 162 Å². The van der Waals surface area contributed by atoms with Gasteiger partial charge in [-0.25, -0.2) is 17.6 Å². The first-order valence-electron chi connectivity index (χ1n) is 13.9. The lowest BCUT2D eigenvalue weighted by atomic mass is 10.0. The van der Waals surface area contributed by atoms with E-state index in [4.69, 9.17) is 0 Å². The molecular formula is C35H20F4N3S2+3. The molecule has 3 aromatic heterocycles. The number of halogens is 4. The molecule has 0 amide bonds. The molecule has 3 aromatic carbocycles. The van der Waals surface area contributed by atoms with Crippen molar-refractivity contribution in [2.24, 2.45) is 0 Å². The van der Waals surface area contributed by atoms with E-state index in [1.165, 1.54) is 35.7 Å². The predicted molar refractivity (Wildman–Crippen MR) is 157 cm³/mol. The average molecular weight is 623 g/mol. The molecule has 44 heavy (non-hydrogen) atoms. The molecule has 1 aliphatic carbocycles. The van der Waals surface area contributed by atoms with Gasteiger partial charge in [0.05, 0.1) is 5.56 Å². The monoisotopic (exact) mass is 622 g/mol. The minimum Gasteiger partial charge on any atom is -0.207 e. The van der Waals surface area contributed by atoms with Crippen molar-refractivity contribution in [1.82, 2.24) is 0 Å². The first kappa shape index (κ1) is 26.0. The second-order valence-electron chi connectivity index (χ2n) is 10.9. The van der Waals surface area contributed by atoms with Crippen LogP contribution in [0.5, 0.6) is 0 Å². The summed E-state index contributed by atoms with van der Waals surface area (Å²) in [5.41, 5.74) is 3.74. The van der Waals surface area contributed by atoms with Crippen LogP contribution in [0.25, 0.3) is 22.4 Å². The number of hydrogen-bond acceptors (Lipinski definition) is 2. The third kappa shape index (κ3) is 3.18. The second kappa shape index (κ2) is 9.03. The van der Waals surface area contributed by atoms with Gasteiger partial charge in [0.15, 0.2) is 18.6 Å². The fourth-order valence-corrected chi connectivity index (χ4v) is 10.2. The van der Waals surface area contributed by atoms with E-state index in [0.29, 0.717) is 33.5 Å². The zero-order valence-corrected chi connectivity index (χ0v) is 24.3. The van der Waals surface area contributed by atoms with Crippen molar-refractivity contribution in [1.29, 1.82) is 0 Å². The molecule has 0 saturated carbocycles. The number of thioether (sulfide) groups is 2. The van der Waals surface area contributed by atoms with Crippen LogP contribution in [0.1, 0.15) is 16.7 Å². The van der Waals surface area contributed by atoms with Crippen LogP contribution < -0.4 is 13.7 Å². The molecule has 2 atom stereocenters. The summed E-state index contributed by atoms with van der Waals surface area (Å²) in [4.78, 5) is -2.29.